The lowest BCUT2D eigenvalue weighted by Gasteiger charge is -2.40. The third-order valence-electron chi connectivity index (χ3n) is 18.6. The van der Waals surface area contributed by atoms with Gasteiger partial charge in [0.15, 0.2) is 0 Å². The van der Waals surface area contributed by atoms with Gasteiger partial charge in [-0.15, -0.1) is 15.3 Å². The normalized spacial score (nSPS) is 12.7. The molecule has 0 fully saturated rings. The van der Waals surface area contributed by atoms with Crippen molar-refractivity contribution in [2.75, 3.05) is 29.4 Å². The van der Waals surface area contributed by atoms with Crippen LogP contribution in [0.2, 0.25) is 0 Å². The van der Waals surface area contributed by atoms with Crippen molar-refractivity contribution in [2.24, 2.45) is 0 Å². The molecule has 0 aliphatic carbocycles. The van der Waals surface area contributed by atoms with Crippen LogP contribution in [0.15, 0.2) is 346 Å². The summed E-state index contributed by atoms with van der Waals surface area (Å²) < 4.78 is 5.46. The number of fused-ring (bicyclic) bond motifs is 6. The summed E-state index contributed by atoms with van der Waals surface area (Å²) in [5.41, 5.74) is 26.3. The van der Waals surface area contributed by atoms with Crippen molar-refractivity contribution >= 4 is 102 Å². The van der Waals surface area contributed by atoms with Crippen molar-refractivity contribution in [1.82, 2.24) is 45.0 Å². The smallest absolute Gasteiger partial charge is 0.113 e. The largest absolute Gasteiger partial charge is 0.306 e. The molecule has 0 N–H and O–H groups in total. The van der Waals surface area contributed by atoms with Gasteiger partial charge < -0.3 is 29.4 Å². The number of hydrogen-bond acceptors (Lipinski definition) is 12. The Morgan fingerprint density at radius 3 is 0.515 bits per heavy atom. The second-order valence-corrected chi connectivity index (χ2v) is 24.4. The molecule has 0 saturated heterocycles. The van der Waals surface area contributed by atoms with Gasteiger partial charge in [-0.3, -0.25) is 0 Å². The molecular weight excluding hydrogens is 1220 g/mol. The van der Waals surface area contributed by atoms with Gasteiger partial charge in [0, 0.05) is 50.8 Å². The zero-order chi connectivity index (χ0) is 65.3. The molecule has 0 bridgehead atoms. The Bertz CT molecular complexity index is 4960. The van der Waals surface area contributed by atoms with Gasteiger partial charge in [-0.1, -0.05) is 143 Å². The molecule has 15 nitrogen and oxygen atoms in total. The summed E-state index contributed by atoms with van der Waals surface area (Å²) in [4.78, 5) is 14.0. The average molecular weight is 1280 g/mol. The van der Waals surface area contributed by atoms with Gasteiger partial charge in [0.1, 0.15) is 17.1 Å². The van der Waals surface area contributed by atoms with E-state index in [1.807, 2.05) is 32.6 Å². The lowest BCUT2D eigenvalue weighted by Crippen LogP contribution is -2.23. The van der Waals surface area contributed by atoms with Gasteiger partial charge >= 0.3 is 0 Å². The van der Waals surface area contributed by atoms with Gasteiger partial charge in [0.05, 0.1) is 104 Å². The molecule has 3 aromatic heterocycles. The highest BCUT2D eigenvalue weighted by Crippen LogP contribution is 2.57. The molecule has 468 valence electrons. The average Bonchev–Trinajstić information content (AvgIpc) is 1.19. The SMILES string of the molecule is c1ccc(N2c3ccccc3N(c3ccc(-n4cc(-c5cc(-c6cn(-c7ccc(N8c9ccccc9N(c9ccccc9)c9ccccc98)cc7)nn6)cc(-c6cn(-c7ccc(N8c9ccccc9N(c9ccccc9)c9ccccc98)cc7)nn6)c5)nn4)cc3)c3ccccc32)cc1. The fraction of sp³-hybridized carbons (Fsp3) is 0. The van der Waals surface area contributed by atoms with E-state index in [1.165, 1.54) is 0 Å². The highest BCUT2D eigenvalue weighted by molar-refractivity contribution is 6.04. The molecule has 3 aliphatic heterocycles. The van der Waals surface area contributed by atoms with Gasteiger partial charge in [-0.2, -0.15) is 0 Å². The third kappa shape index (κ3) is 9.75. The number of anilines is 18. The van der Waals surface area contributed by atoms with Crippen LogP contribution in [0.1, 0.15) is 0 Å². The Kier molecular flexibility index (Phi) is 13.4. The van der Waals surface area contributed by atoms with Crippen LogP contribution in [0.5, 0.6) is 0 Å². The monoisotopic (exact) mass is 1280 g/mol. The van der Waals surface area contributed by atoms with E-state index in [0.717, 1.165) is 136 Å². The Morgan fingerprint density at radius 2 is 0.323 bits per heavy atom. The summed E-state index contributed by atoms with van der Waals surface area (Å²) in [6.07, 6.45) is 5.90. The van der Waals surface area contributed by atoms with E-state index in [2.05, 4.69) is 357 Å². The van der Waals surface area contributed by atoms with Gasteiger partial charge in [0.25, 0.3) is 0 Å². The maximum Gasteiger partial charge on any atom is 0.113 e. The second kappa shape index (κ2) is 23.5. The van der Waals surface area contributed by atoms with Crippen LogP contribution < -0.4 is 29.4 Å². The molecule has 0 spiro atoms. The van der Waals surface area contributed by atoms with E-state index in [0.29, 0.717) is 17.1 Å². The molecule has 0 unspecified atom stereocenters. The third-order valence-corrected chi connectivity index (χ3v) is 18.6. The predicted molar refractivity (Wildman–Crippen MR) is 396 cm³/mol. The molecule has 3 aliphatic rings. The topological polar surface area (TPSA) is 112 Å². The lowest BCUT2D eigenvalue weighted by atomic mass is 10.0. The Labute approximate surface area is 570 Å². The molecule has 19 rings (SSSR count). The van der Waals surface area contributed by atoms with Crippen molar-refractivity contribution in [3.63, 3.8) is 0 Å². The molecule has 0 atom stereocenters. The number of hydrogen-bond donors (Lipinski definition) is 0. The van der Waals surface area contributed by atoms with E-state index < -0.39 is 0 Å². The van der Waals surface area contributed by atoms with Crippen LogP contribution >= 0.6 is 0 Å². The quantitative estimate of drug-likeness (QED) is 0.116. The van der Waals surface area contributed by atoms with E-state index in [4.69, 9.17) is 30.9 Å². The minimum absolute atomic E-state index is 0.661. The van der Waals surface area contributed by atoms with Crippen LogP contribution in [-0.4, -0.2) is 45.0 Å². The fourth-order valence-corrected chi connectivity index (χ4v) is 14.1. The maximum absolute atomic E-state index is 4.84. The summed E-state index contributed by atoms with van der Waals surface area (Å²) in [5, 5.41) is 28.8. The predicted octanol–water partition coefficient (Wildman–Crippen LogP) is 21.2. The van der Waals surface area contributed by atoms with E-state index in [-0.39, 0.29) is 0 Å². The first-order valence-corrected chi connectivity index (χ1v) is 32.8. The molecule has 13 aromatic carbocycles. The van der Waals surface area contributed by atoms with Crippen molar-refractivity contribution < 1.29 is 0 Å². The van der Waals surface area contributed by atoms with E-state index >= 15 is 0 Å². The first-order valence-electron chi connectivity index (χ1n) is 32.8. The standard InChI is InChI=1S/C84H57N15/c1-4-22-64(23-5-1)94-73-28-10-16-34-79(73)97(80-35-17-11-29-74(80)94)67-46-40-61(41-47-67)91-55-70(85-88-91)58-52-59(71-56-92(89-86-71)62-42-48-68(49-43-62)98-81-36-18-12-30-75(81)95(65-24-6-2-7-25-65)76-31-13-19-37-82(76)98)54-60(53-58)72-57-93(90-87-72)63-44-50-69(51-45-63)99-83-38-20-14-32-77(83)96(66-26-8-3-9-27-66)78-33-15-21-39-84(78)99/h1-57H. The zero-order valence-corrected chi connectivity index (χ0v) is 53.1. The van der Waals surface area contributed by atoms with Crippen LogP contribution in [0.25, 0.3) is 50.8 Å². The Morgan fingerprint density at radius 1 is 0.162 bits per heavy atom. The Balaban J connectivity index is 0.654. The lowest BCUT2D eigenvalue weighted by molar-refractivity contribution is 0.803. The number of para-hydroxylation sites is 15. The highest BCUT2D eigenvalue weighted by atomic mass is 15.4. The molecule has 0 radical (unpaired) electrons. The minimum Gasteiger partial charge on any atom is -0.306 e. The molecule has 16 aromatic rings. The molecule has 0 amide bonds. The van der Waals surface area contributed by atoms with Crippen LogP contribution in [0, 0.1) is 0 Å². The summed E-state index contributed by atoms with van der Waals surface area (Å²) in [6.45, 7) is 0. The zero-order valence-electron chi connectivity index (χ0n) is 53.1. The highest BCUT2D eigenvalue weighted by Gasteiger charge is 2.34. The summed E-state index contributed by atoms with van der Waals surface area (Å²) in [5.74, 6) is 0. The molecule has 6 heterocycles. The summed E-state index contributed by atoms with van der Waals surface area (Å²) >= 11 is 0. The fourth-order valence-electron chi connectivity index (χ4n) is 14.1. The van der Waals surface area contributed by atoms with Crippen molar-refractivity contribution in [1.29, 1.82) is 0 Å². The van der Waals surface area contributed by atoms with E-state index in [1.54, 1.807) is 0 Å². The Hall–Kier alpha value is -13.9. The molecule has 0 saturated carbocycles. The van der Waals surface area contributed by atoms with Crippen LogP contribution in [0.3, 0.4) is 0 Å². The van der Waals surface area contributed by atoms with Crippen LogP contribution in [0.4, 0.5) is 102 Å². The maximum atomic E-state index is 4.84. The van der Waals surface area contributed by atoms with Crippen molar-refractivity contribution in [3.05, 3.63) is 346 Å². The van der Waals surface area contributed by atoms with E-state index in [9.17, 15) is 0 Å². The first kappa shape index (κ1) is 56.6. The first-order chi connectivity index (χ1) is 49.1. The van der Waals surface area contributed by atoms with Crippen molar-refractivity contribution in [2.45, 2.75) is 0 Å². The number of aromatic nitrogens is 9. The van der Waals surface area contributed by atoms with Gasteiger partial charge in [0.2, 0.25) is 0 Å². The van der Waals surface area contributed by atoms with Gasteiger partial charge in [-0.25, -0.2) is 14.0 Å². The second-order valence-electron chi connectivity index (χ2n) is 24.4. The summed E-state index contributed by atoms with van der Waals surface area (Å²) in [6, 6.07) is 115. The minimum atomic E-state index is 0.661. The molecule has 15 heteroatoms. The molecular formula is C84H57N15. The summed E-state index contributed by atoms with van der Waals surface area (Å²) in [7, 11) is 0. The van der Waals surface area contributed by atoms with Gasteiger partial charge in [-0.05, 0) is 200 Å². The number of benzene rings is 13. The number of nitrogens with zero attached hydrogens (tertiary/aromatic N) is 15. The number of rotatable bonds is 12. The van der Waals surface area contributed by atoms with Crippen LogP contribution in [-0.2, 0) is 0 Å². The van der Waals surface area contributed by atoms with Crippen molar-refractivity contribution in [3.8, 4) is 50.8 Å². The molecule has 99 heavy (non-hydrogen) atoms.